The number of rotatable bonds is 5. The second kappa shape index (κ2) is 7.60. The maximum atomic E-state index is 13.3. The van der Waals surface area contributed by atoms with Gasteiger partial charge in [0.2, 0.25) is 0 Å². The zero-order chi connectivity index (χ0) is 18.8. The summed E-state index contributed by atoms with van der Waals surface area (Å²) in [6.07, 6.45) is 0. The molecule has 0 saturated carbocycles. The maximum Gasteiger partial charge on any atom is 0.261 e. The van der Waals surface area contributed by atoms with E-state index in [0.29, 0.717) is 29.0 Å². The highest BCUT2D eigenvalue weighted by atomic mass is 35.5. The van der Waals surface area contributed by atoms with Crippen molar-refractivity contribution in [3.8, 4) is 0 Å². The first-order valence-electron chi connectivity index (χ1n) is 8.87. The van der Waals surface area contributed by atoms with Crippen LogP contribution in [0.2, 0.25) is 5.02 Å². The predicted molar refractivity (Wildman–Crippen MR) is 108 cm³/mol. The highest BCUT2D eigenvalue weighted by Crippen LogP contribution is 2.25. The summed E-state index contributed by atoms with van der Waals surface area (Å²) in [4.78, 5) is 18.1. The van der Waals surface area contributed by atoms with Crippen LogP contribution in [-0.4, -0.2) is 16.1 Å². The van der Waals surface area contributed by atoms with Gasteiger partial charge in [0.05, 0.1) is 17.4 Å². The van der Waals surface area contributed by atoms with Gasteiger partial charge in [0, 0.05) is 17.5 Å². The monoisotopic (exact) mass is 369 g/mol. The highest BCUT2D eigenvalue weighted by molar-refractivity contribution is 6.32. The zero-order valence-electron chi connectivity index (χ0n) is 15.4. The lowest BCUT2D eigenvalue weighted by molar-refractivity contribution is 0.458. The molecular formula is C21H24ClN3O. The van der Waals surface area contributed by atoms with Gasteiger partial charge in [-0.3, -0.25) is 9.36 Å². The summed E-state index contributed by atoms with van der Waals surface area (Å²) in [5.74, 6) is 0.993. The van der Waals surface area contributed by atoms with Crippen LogP contribution in [0.1, 0.15) is 36.7 Å². The Labute approximate surface area is 158 Å². The van der Waals surface area contributed by atoms with Crippen LogP contribution in [0.3, 0.4) is 0 Å². The van der Waals surface area contributed by atoms with E-state index in [0.717, 1.165) is 17.0 Å². The number of aromatic nitrogens is 2. The van der Waals surface area contributed by atoms with Crippen LogP contribution in [0.4, 0.5) is 0 Å². The lowest BCUT2D eigenvalue weighted by Gasteiger charge is -2.23. The molecule has 0 aliphatic carbocycles. The molecule has 0 amide bonds. The molecule has 0 radical (unpaired) electrons. The maximum absolute atomic E-state index is 13.3. The number of halogens is 1. The van der Waals surface area contributed by atoms with Gasteiger partial charge in [-0.1, -0.05) is 55.8 Å². The van der Waals surface area contributed by atoms with Gasteiger partial charge < -0.3 is 5.73 Å². The first-order valence-corrected chi connectivity index (χ1v) is 9.24. The third-order valence-corrected chi connectivity index (χ3v) is 5.25. The van der Waals surface area contributed by atoms with Crippen molar-refractivity contribution in [3.63, 3.8) is 0 Å². The molecule has 26 heavy (non-hydrogen) atoms. The molecule has 5 heteroatoms. The lowest BCUT2D eigenvalue weighted by Crippen LogP contribution is -2.31. The largest absolute Gasteiger partial charge is 0.330 e. The summed E-state index contributed by atoms with van der Waals surface area (Å²) in [6.45, 7) is 7.01. The number of hydrogen-bond donors (Lipinski definition) is 1. The SMILES string of the molecule is Cc1cc2c(=O)n(Cc3ccccc3)c(C(CN)C(C)C)nc2cc1Cl. The molecule has 1 heterocycles. The van der Waals surface area contributed by atoms with Crippen LogP contribution in [-0.2, 0) is 6.54 Å². The second-order valence-electron chi connectivity index (χ2n) is 7.05. The molecule has 0 fully saturated rings. The van der Waals surface area contributed by atoms with E-state index >= 15 is 0 Å². The van der Waals surface area contributed by atoms with Crippen molar-refractivity contribution in [2.45, 2.75) is 33.2 Å². The van der Waals surface area contributed by atoms with Crippen molar-refractivity contribution >= 4 is 22.5 Å². The van der Waals surface area contributed by atoms with E-state index in [9.17, 15) is 4.79 Å². The predicted octanol–water partition coefficient (Wildman–Crippen LogP) is 4.10. The number of fused-ring (bicyclic) bond motifs is 1. The smallest absolute Gasteiger partial charge is 0.261 e. The molecule has 2 N–H and O–H groups in total. The van der Waals surface area contributed by atoms with Crippen molar-refractivity contribution in [1.29, 1.82) is 0 Å². The van der Waals surface area contributed by atoms with E-state index < -0.39 is 0 Å². The average Bonchev–Trinajstić information content (AvgIpc) is 2.61. The summed E-state index contributed by atoms with van der Waals surface area (Å²) >= 11 is 6.26. The number of benzene rings is 2. The molecule has 0 spiro atoms. The molecule has 1 aromatic heterocycles. The van der Waals surface area contributed by atoms with Crippen LogP contribution in [0.15, 0.2) is 47.3 Å². The third-order valence-electron chi connectivity index (χ3n) is 4.84. The van der Waals surface area contributed by atoms with Gasteiger partial charge in [0.25, 0.3) is 5.56 Å². The Morgan fingerprint density at radius 1 is 1.19 bits per heavy atom. The summed E-state index contributed by atoms with van der Waals surface area (Å²) in [6, 6.07) is 13.5. The number of hydrogen-bond acceptors (Lipinski definition) is 3. The van der Waals surface area contributed by atoms with Crippen LogP contribution >= 0.6 is 11.6 Å². The van der Waals surface area contributed by atoms with Crippen molar-refractivity contribution in [2.24, 2.45) is 11.7 Å². The van der Waals surface area contributed by atoms with E-state index in [1.165, 1.54) is 0 Å². The fraction of sp³-hybridized carbons (Fsp3) is 0.333. The summed E-state index contributed by atoms with van der Waals surface area (Å²) < 4.78 is 1.77. The minimum Gasteiger partial charge on any atom is -0.330 e. The summed E-state index contributed by atoms with van der Waals surface area (Å²) in [7, 11) is 0. The quantitative estimate of drug-likeness (QED) is 0.736. The van der Waals surface area contributed by atoms with Gasteiger partial charge in [-0.15, -0.1) is 0 Å². The summed E-state index contributed by atoms with van der Waals surface area (Å²) in [5.41, 5.74) is 8.54. The van der Waals surface area contributed by atoms with Crippen molar-refractivity contribution in [3.05, 3.63) is 74.8 Å². The molecule has 0 aliphatic heterocycles. The van der Waals surface area contributed by atoms with Gasteiger partial charge in [-0.25, -0.2) is 4.98 Å². The van der Waals surface area contributed by atoms with Crippen molar-refractivity contribution in [1.82, 2.24) is 9.55 Å². The molecular weight excluding hydrogens is 346 g/mol. The van der Waals surface area contributed by atoms with Crippen molar-refractivity contribution < 1.29 is 0 Å². The van der Waals surface area contributed by atoms with Gasteiger partial charge in [-0.2, -0.15) is 0 Å². The van der Waals surface area contributed by atoms with Crippen molar-refractivity contribution in [2.75, 3.05) is 6.54 Å². The minimum absolute atomic E-state index is 0.00380. The van der Waals surface area contributed by atoms with Gasteiger partial charge in [0.1, 0.15) is 5.82 Å². The third kappa shape index (κ3) is 3.53. The van der Waals surface area contributed by atoms with Gasteiger partial charge >= 0.3 is 0 Å². The van der Waals surface area contributed by atoms with Crippen LogP contribution in [0.25, 0.3) is 10.9 Å². The Morgan fingerprint density at radius 3 is 2.50 bits per heavy atom. The molecule has 1 unspecified atom stereocenters. The molecule has 136 valence electrons. The highest BCUT2D eigenvalue weighted by Gasteiger charge is 2.22. The standard InChI is InChI=1S/C21H24ClN3O/c1-13(2)17(11-23)20-24-19-10-18(22)14(3)9-16(19)21(26)25(20)12-15-7-5-4-6-8-15/h4-10,13,17H,11-12,23H2,1-3H3. The van der Waals surface area contributed by atoms with E-state index in [2.05, 4.69) is 13.8 Å². The summed E-state index contributed by atoms with van der Waals surface area (Å²) in [5, 5.41) is 1.20. The first-order chi connectivity index (χ1) is 12.4. The minimum atomic E-state index is -0.0484. The first kappa shape index (κ1) is 18.6. The average molecular weight is 370 g/mol. The van der Waals surface area contributed by atoms with Crippen LogP contribution in [0.5, 0.6) is 0 Å². The zero-order valence-corrected chi connectivity index (χ0v) is 16.1. The topological polar surface area (TPSA) is 60.9 Å². The van der Waals surface area contributed by atoms with Gasteiger partial charge in [0.15, 0.2) is 0 Å². The molecule has 0 bridgehead atoms. The van der Waals surface area contributed by atoms with E-state index in [-0.39, 0.29) is 17.4 Å². The molecule has 3 rings (SSSR count). The molecule has 4 nitrogen and oxygen atoms in total. The Balaban J connectivity index is 2.29. The fourth-order valence-electron chi connectivity index (χ4n) is 3.25. The Bertz CT molecular complexity index is 980. The van der Waals surface area contributed by atoms with E-state index in [1.807, 2.05) is 43.3 Å². The normalized spacial score (nSPS) is 12.7. The molecule has 0 saturated heterocycles. The van der Waals surface area contributed by atoms with E-state index in [4.69, 9.17) is 22.3 Å². The van der Waals surface area contributed by atoms with E-state index in [1.54, 1.807) is 10.6 Å². The Kier molecular flexibility index (Phi) is 5.44. The number of nitrogens with zero attached hydrogens (tertiary/aromatic N) is 2. The van der Waals surface area contributed by atoms with Crippen LogP contribution < -0.4 is 11.3 Å². The van der Waals surface area contributed by atoms with Gasteiger partial charge in [-0.05, 0) is 36.1 Å². The fourth-order valence-corrected chi connectivity index (χ4v) is 3.40. The molecule has 0 aliphatic rings. The van der Waals surface area contributed by atoms with Crippen LogP contribution in [0, 0.1) is 12.8 Å². The number of nitrogens with two attached hydrogens (primary N) is 1. The molecule has 3 aromatic rings. The Morgan fingerprint density at radius 2 is 1.88 bits per heavy atom. The second-order valence-corrected chi connectivity index (χ2v) is 7.46. The Hall–Kier alpha value is -2.17. The number of aryl methyl sites for hydroxylation is 1. The molecule has 2 aromatic carbocycles. The lowest BCUT2D eigenvalue weighted by atomic mass is 9.94. The molecule has 1 atom stereocenters.